The fraction of sp³-hybridized carbons (Fsp3) is 0.286. The van der Waals surface area contributed by atoms with Crippen molar-refractivity contribution in [3.63, 3.8) is 0 Å². The van der Waals surface area contributed by atoms with Crippen LogP contribution in [0.5, 0.6) is 5.75 Å². The van der Waals surface area contributed by atoms with Gasteiger partial charge in [-0.2, -0.15) is 0 Å². The molecular weight excluding hydrogens is 262 g/mol. The second-order valence-corrected chi connectivity index (χ2v) is 5.19. The van der Waals surface area contributed by atoms with E-state index in [4.69, 9.17) is 4.74 Å². The molecule has 1 unspecified atom stereocenters. The second-order valence-electron chi connectivity index (χ2n) is 4.22. The third kappa shape index (κ3) is 3.54. The molecule has 0 spiro atoms. The molecule has 0 aliphatic rings. The summed E-state index contributed by atoms with van der Waals surface area (Å²) in [6.45, 7) is 0. The van der Waals surface area contributed by atoms with Gasteiger partial charge in [0.05, 0.1) is 18.5 Å². The summed E-state index contributed by atoms with van der Waals surface area (Å²) in [6.07, 6.45) is 2.68. The minimum atomic E-state index is -0.792. The highest BCUT2D eigenvalue weighted by Crippen LogP contribution is 2.23. The summed E-state index contributed by atoms with van der Waals surface area (Å²) in [7, 11) is 1.60. The SMILES string of the molecule is COc1ccccc1CC(Cc1cncs1)C(=O)O. The number of hydrogen-bond donors (Lipinski definition) is 1. The molecule has 1 heterocycles. The van der Waals surface area contributed by atoms with Gasteiger partial charge in [0, 0.05) is 11.1 Å². The highest BCUT2D eigenvalue weighted by molar-refractivity contribution is 7.09. The number of carboxylic acid groups (broad SMARTS) is 1. The van der Waals surface area contributed by atoms with E-state index in [1.54, 1.807) is 18.8 Å². The molecular formula is C14H15NO3S. The minimum Gasteiger partial charge on any atom is -0.496 e. The van der Waals surface area contributed by atoms with E-state index in [1.807, 2.05) is 24.3 Å². The molecule has 1 aromatic carbocycles. The van der Waals surface area contributed by atoms with E-state index in [2.05, 4.69) is 4.98 Å². The van der Waals surface area contributed by atoms with E-state index in [0.29, 0.717) is 12.8 Å². The summed E-state index contributed by atoms with van der Waals surface area (Å²) in [5.74, 6) is -0.519. The zero-order valence-electron chi connectivity index (χ0n) is 10.6. The summed E-state index contributed by atoms with van der Waals surface area (Å²) in [4.78, 5) is 16.3. The number of rotatable bonds is 6. The number of ether oxygens (including phenoxy) is 1. The standard InChI is InChI=1S/C14H15NO3S/c1-18-13-5-3-2-4-10(13)6-11(14(16)17)7-12-8-15-9-19-12/h2-5,8-9,11H,6-7H2,1H3,(H,16,17). The third-order valence-electron chi connectivity index (χ3n) is 2.94. The van der Waals surface area contributed by atoms with Crippen LogP contribution in [0.3, 0.4) is 0 Å². The average molecular weight is 277 g/mol. The highest BCUT2D eigenvalue weighted by Gasteiger charge is 2.20. The lowest BCUT2D eigenvalue weighted by Crippen LogP contribution is -2.19. The van der Waals surface area contributed by atoms with Gasteiger partial charge in [0.1, 0.15) is 5.75 Å². The molecule has 0 radical (unpaired) electrons. The van der Waals surface area contributed by atoms with E-state index in [0.717, 1.165) is 16.2 Å². The molecule has 5 heteroatoms. The number of aliphatic carboxylic acids is 1. The van der Waals surface area contributed by atoms with Crippen LogP contribution >= 0.6 is 11.3 Å². The van der Waals surface area contributed by atoms with Crippen LogP contribution in [0.25, 0.3) is 0 Å². The normalized spacial score (nSPS) is 12.1. The van der Waals surface area contributed by atoms with Gasteiger partial charge in [-0.3, -0.25) is 9.78 Å². The predicted octanol–water partition coefficient (Wildman–Crippen LogP) is 2.64. The van der Waals surface area contributed by atoms with Gasteiger partial charge in [0.15, 0.2) is 0 Å². The van der Waals surface area contributed by atoms with Crippen LogP contribution < -0.4 is 4.74 Å². The van der Waals surface area contributed by atoms with Crippen molar-refractivity contribution in [2.45, 2.75) is 12.8 Å². The smallest absolute Gasteiger partial charge is 0.307 e. The van der Waals surface area contributed by atoms with Gasteiger partial charge >= 0.3 is 5.97 Å². The third-order valence-corrected chi connectivity index (χ3v) is 3.74. The van der Waals surface area contributed by atoms with Gasteiger partial charge in [-0.15, -0.1) is 11.3 Å². The molecule has 0 fully saturated rings. The second kappa shape index (κ2) is 6.33. The van der Waals surface area contributed by atoms with Gasteiger partial charge in [-0.05, 0) is 24.5 Å². The number of aromatic nitrogens is 1. The average Bonchev–Trinajstić information content (AvgIpc) is 2.91. The van der Waals surface area contributed by atoms with Crippen molar-refractivity contribution < 1.29 is 14.6 Å². The number of thiazole rings is 1. The summed E-state index contributed by atoms with van der Waals surface area (Å²) in [6, 6.07) is 7.52. The molecule has 0 aliphatic heterocycles. The Morgan fingerprint density at radius 1 is 1.42 bits per heavy atom. The fourth-order valence-electron chi connectivity index (χ4n) is 1.97. The van der Waals surface area contributed by atoms with Crippen LogP contribution in [0.15, 0.2) is 36.0 Å². The Hall–Kier alpha value is -1.88. The first kappa shape index (κ1) is 13.5. The van der Waals surface area contributed by atoms with Crippen LogP contribution in [0.4, 0.5) is 0 Å². The van der Waals surface area contributed by atoms with Gasteiger partial charge < -0.3 is 9.84 Å². The quantitative estimate of drug-likeness (QED) is 0.881. The molecule has 19 heavy (non-hydrogen) atoms. The Kier molecular flexibility index (Phi) is 4.52. The lowest BCUT2D eigenvalue weighted by molar-refractivity contribution is -0.141. The van der Waals surface area contributed by atoms with E-state index < -0.39 is 11.9 Å². The maximum absolute atomic E-state index is 11.4. The molecule has 1 atom stereocenters. The minimum absolute atomic E-state index is 0.456. The molecule has 0 saturated carbocycles. The largest absolute Gasteiger partial charge is 0.496 e. The van der Waals surface area contributed by atoms with Crippen LogP contribution in [0, 0.1) is 5.92 Å². The van der Waals surface area contributed by atoms with Gasteiger partial charge in [0.2, 0.25) is 0 Å². The molecule has 100 valence electrons. The molecule has 1 N–H and O–H groups in total. The topological polar surface area (TPSA) is 59.4 Å². The van der Waals surface area contributed by atoms with Crippen LogP contribution in [0.1, 0.15) is 10.4 Å². The van der Waals surface area contributed by atoms with Crippen molar-refractivity contribution >= 4 is 17.3 Å². The molecule has 4 nitrogen and oxygen atoms in total. The van der Waals surface area contributed by atoms with E-state index in [1.165, 1.54) is 11.3 Å². The summed E-state index contributed by atoms with van der Waals surface area (Å²) < 4.78 is 5.26. The Labute approximate surface area is 115 Å². The monoisotopic (exact) mass is 277 g/mol. The number of carboxylic acids is 1. The van der Waals surface area contributed by atoms with Gasteiger partial charge in [0.25, 0.3) is 0 Å². The molecule has 0 amide bonds. The summed E-state index contributed by atoms with van der Waals surface area (Å²) >= 11 is 1.48. The zero-order valence-corrected chi connectivity index (χ0v) is 11.4. The van der Waals surface area contributed by atoms with Crippen LogP contribution in [-0.4, -0.2) is 23.2 Å². The van der Waals surface area contributed by atoms with E-state index >= 15 is 0 Å². The van der Waals surface area contributed by atoms with E-state index in [9.17, 15) is 9.90 Å². The summed E-state index contributed by atoms with van der Waals surface area (Å²) in [5.41, 5.74) is 2.64. The number of nitrogens with zero attached hydrogens (tertiary/aromatic N) is 1. The molecule has 2 rings (SSSR count). The van der Waals surface area contributed by atoms with Crippen molar-refractivity contribution in [3.8, 4) is 5.75 Å². The molecule has 0 saturated heterocycles. The Morgan fingerprint density at radius 3 is 2.84 bits per heavy atom. The van der Waals surface area contributed by atoms with Gasteiger partial charge in [-0.1, -0.05) is 18.2 Å². The highest BCUT2D eigenvalue weighted by atomic mass is 32.1. The maximum atomic E-state index is 11.4. The lowest BCUT2D eigenvalue weighted by Gasteiger charge is -2.13. The number of hydrogen-bond acceptors (Lipinski definition) is 4. The van der Waals surface area contributed by atoms with Crippen molar-refractivity contribution in [3.05, 3.63) is 46.4 Å². The first-order valence-corrected chi connectivity index (χ1v) is 6.80. The molecule has 2 aromatic rings. The number of carbonyl (C=O) groups is 1. The van der Waals surface area contributed by atoms with Gasteiger partial charge in [-0.25, -0.2) is 0 Å². The van der Waals surface area contributed by atoms with Crippen LogP contribution in [0.2, 0.25) is 0 Å². The Morgan fingerprint density at radius 2 is 2.21 bits per heavy atom. The summed E-state index contributed by atoms with van der Waals surface area (Å²) in [5, 5.41) is 9.34. The lowest BCUT2D eigenvalue weighted by atomic mass is 9.95. The Balaban J connectivity index is 2.14. The maximum Gasteiger partial charge on any atom is 0.307 e. The fourth-order valence-corrected chi connectivity index (χ4v) is 2.65. The van der Waals surface area contributed by atoms with Crippen molar-refractivity contribution in [1.82, 2.24) is 4.98 Å². The first-order chi connectivity index (χ1) is 9.20. The van der Waals surface area contributed by atoms with Crippen molar-refractivity contribution in [2.24, 2.45) is 5.92 Å². The van der Waals surface area contributed by atoms with E-state index in [-0.39, 0.29) is 0 Å². The molecule has 0 bridgehead atoms. The van der Waals surface area contributed by atoms with Crippen LogP contribution in [-0.2, 0) is 17.6 Å². The Bertz CT molecular complexity index is 539. The van der Waals surface area contributed by atoms with Crippen molar-refractivity contribution in [2.75, 3.05) is 7.11 Å². The van der Waals surface area contributed by atoms with Crippen molar-refractivity contribution in [1.29, 1.82) is 0 Å². The number of para-hydroxylation sites is 1. The number of methoxy groups -OCH3 is 1. The zero-order chi connectivity index (χ0) is 13.7. The first-order valence-electron chi connectivity index (χ1n) is 5.92. The molecule has 0 aliphatic carbocycles. The molecule has 1 aromatic heterocycles. The predicted molar refractivity (Wildman–Crippen MR) is 73.6 cm³/mol. The number of benzene rings is 1.